The molecule has 2 aromatic carbocycles. The van der Waals surface area contributed by atoms with Crippen LogP contribution in [0.2, 0.25) is 0 Å². The quantitative estimate of drug-likeness (QED) is 0.462. The Morgan fingerprint density at radius 3 is 2.22 bits per heavy atom. The van der Waals surface area contributed by atoms with Crippen LogP contribution in [-0.2, 0) is 6.61 Å². The van der Waals surface area contributed by atoms with E-state index in [9.17, 15) is 0 Å². The first kappa shape index (κ1) is 17.4. The molecule has 23 heavy (non-hydrogen) atoms. The second-order valence-electron chi connectivity index (χ2n) is 5.73. The third kappa shape index (κ3) is 7.23. The zero-order chi connectivity index (χ0) is 16.2. The van der Waals surface area contributed by atoms with Gasteiger partial charge in [-0.05, 0) is 42.7 Å². The molecule has 0 spiro atoms. The molecule has 0 atom stereocenters. The van der Waals surface area contributed by atoms with Crippen LogP contribution in [0.5, 0.6) is 11.5 Å². The van der Waals surface area contributed by atoms with Crippen LogP contribution in [0.4, 0.5) is 0 Å². The fourth-order valence-electron chi connectivity index (χ4n) is 2.34. The molecule has 0 N–H and O–H groups in total. The van der Waals surface area contributed by atoms with Gasteiger partial charge in [0, 0.05) is 0 Å². The monoisotopic (exact) mass is 311 g/mol. The summed E-state index contributed by atoms with van der Waals surface area (Å²) in [7, 11) is 0. The molecule has 0 saturated carbocycles. The zero-order valence-corrected chi connectivity index (χ0v) is 14.0. The number of hydrogen-bond donors (Lipinski definition) is 0. The van der Waals surface area contributed by atoms with Gasteiger partial charge in [-0.2, -0.15) is 0 Å². The van der Waals surface area contributed by atoms with E-state index in [0.29, 0.717) is 6.61 Å². The molecule has 0 aliphatic rings. The number of benzene rings is 2. The largest absolute Gasteiger partial charge is 0.489 e. The molecule has 2 heteroatoms. The summed E-state index contributed by atoms with van der Waals surface area (Å²) in [5.74, 6) is 1.73. The SMILES string of the molecule is CCCCCCC[CH]Oc1ccc(OCc2ccccc2)cc1. The van der Waals surface area contributed by atoms with Gasteiger partial charge in [-0.1, -0.05) is 62.9 Å². The van der Waals surface area contributed by atoms with Crippen molar-refractivity contribution in [1.82, 2.24) is 0 Å². The Bertz CT molecular complexity index is 519. The Kier molecular flexibility index (Phi) is 8.10. The third-order valence-corrected chi connectivity index (χ3v) is 3.72. The minimum Gasteiger partial charge on any atom is -0.489 e. The number of rotatable bonds is 11. The van der Waals surface area contributed by atoms with Crippen molar-refractivity contribution in [1.29, 1.82) is 0 Å². The maximum absolute atomic E-state index is 5.76. The van der Waals surface area contributed by atoms with Crippen LogP contribution in [0.1, 0.15) is 51.0 Å². The molecule has 0 aliphatic carbocycles. The van der Waals surface area contributed by atoms with Crippen LogP contribution in [0.3, 0.4) is 0 Å². The van der Waals surface area contributed by atoms with Crippen molar-refractivity contribution in [2.24, 2.45) is 0 Å². The summed E-state index contributed by atoms with van der Waals surface area (Å²) in [6.45, 7) is 4.74. The lowest BCUT2D eigenvalue weighted by Crippen LogP contribution is -1.95. The van der Waals surface area contributed by atoms with Crippen LogP contribution in [0.25, 0.3) is 0 Å². The third-order valence-electron chi connectivity index (χ3n) is 3.72. The van der Waals surface area contributed by atoms with E-state index in [0.717, 1.165) is 17.9 Å². The van der Waals surface area contributed by atoms with Crippen molar-refractivity contribution in [2.75, 3.05) is 0 Å². The Morgan fingerprint density at radius 1 is 0.783 bits per heavy atom. The topological polar surface area (TPSA) is 18.5 Å². The van der Waals surface area contributed by atoms with Crippen LogP contribution < -0.4 is 9.47 Å². The van der Waals surface area contributed by atoms with Crippen molar-refractivity contribution in [3.05, 3.63) is 66.8 Å². The van der Waals surface area contributed by atoms with Gasteiger partial charge in [-0.3, -0.25) is 0 Å². The average Bonchev–Trinajstić information content (AvgIpc) is 2.61. The zero-order valence-electron chi connectivity index (χ0n) is 14.0. The molecular weight excluding hydrogens is 284 g/mol. The first-order valence-electron chi connectivity index (χ1n) is 8.63. The van der Waals surface area contributed by atoms with E-state index in [4.69, 9.17) is 9.47 Å². The molecule has 0 aliphatic heterocycles. The van der Waals surface area contributed by atoms with Crippen LogP contribution in [0, 0.1) is 6.61 Å². The summed E-state index contributed by atoms with van der Waals surface area (Å²) < 4.78 is 11.4. The van der Waals surface area contributed by atoms with Crippen molar-refractivity contribution in [3.8, 4) is 11.5 Å². The molecule has 123 valence electrons. The van der Waals surface area contributed by atoms with Crippen molar-refractivity contribution in [2.45, 2.75) is 52.1 Å². The van der Waals surface area contributed by atoms with Gasteiger partial charge in [0.05, 0.1) is 0 Å². The van der Waals surface area contributed by atoms with Gasteiger partial charge >= 0.3 is 0 Å². The van der Waals surface area contributed by atoms with Gasteiger partial charge in [0.1, 0.15) is 24.7 Å². The van der Waals surface area contributed by atoms with Gasteiger partial charge in [-0.25, -0.2) is 0 Å². The van der Waals surface area contributed by atoms with Crippen molar-refractivity contribution >= 4 is 0 Å². The second kappa shape index (κ2) is 10.7. The minimum absolute atomic E-state index is 0.588. The highest BCUT2D eigenvalue weighted by molar-refractivity contribution is 5.31. The van der Waals surface area contributed by atoms with E-state index in [1.54, 1.807) is 0 Å². The van der Waals surface area contributed by atoms with Gasteiger partial charge in [0.25, 0.3) is 0 Å². The number of unbranched alkanes of at least 4 members (excludes halogenated alkanes) is 5. The van der Waals surface area contributed by atoms with E-state index in [-0.39, 0.29) is 0 Å². The van der Waals surface area contributed by atoms with Gasteiger partial charge < -0.3 is 9.47 Å². The molecule has 2 aromatic rings. The Labute approximate surface area is 140 Å². The second-order valence-corrected chi connectivity index (χ2v) is 5.73. The highest BCUT2D eigenvalue weighted by Crippen LogP contribution is 2.20. The standard InChI is InChI=1S/C21H27O2/c1-2-3-4-5-6-10-17-22-20-13-15-21(16-14-20)23-18-19-11-8-7-9-12-19/h7-9,11-17H,2-6,10,18H2,1H3. The van der Waals surface area contributed by atoms with E-state index in [1.807, 2.05) is 49.1 Å². The maximum atomic E-state index is 5.76. The summed E-state index contributed by atoms with van der Waals surface area (Å²) in [6, 6.07) is 18.0. The molecule has 0 aromatic heterocycles. The van der Waals surface area contributed by atoms with Crippen molar-refractivity contribution < 1.29 is 9.47 Å². The number of hydrogen-bond acceptors (Lipinski definition) is 2. The molecule has 2 nitrogen and oxygen atoms in total. The van der Waals surface area contributed by atoms with Gasteiger partial charge in [0.2, 0.25) is 0 Å². The fraction of sp³-hybridized carbons (Fsp3) is 0.381. The van der Waals surface area contributed by atoms with Crippen LogP contribution >= 0.6 is 0 Å². The van der Waals surface area contributed by atoms with Crippen LogP contribution in [-0.4, -0.2) is 0 Å². The van der Waals surface area contributed by atoms with Gasteiger partial charge in [0.15, 0.2) is 0 Å². The molecular formula is C21H27O2. The summed E-state index contributed by atoms with van der Waals surface area (Å²) in [6.07, 6.45) is 7.47. The Hall–Kier alpha value is -1.96. The van der Waals surface area contributed by atoms with Crippen molar-refractivity contribution in [3.63, 3.8) is 0 Å². The molecule has 0 fully saturated rings. The lowest BCUT2D eigenvalue weighted by molar-refractivity contribution is 0.305. The van der Waals surface area contributed by atoms with Gasteiger partial charge in [-0.15, -0.1) is 0 Å². The first-order valence-corrected chi connectivity index (χ1v) is 8.63. The molecule has 0 bridgehead atoms. The summed E-state index contributed by atoms with van der Waals surface area (Å²) in [5, 5.41) is 0. The van der Waals surface area contributed by atoms with E-state index in [1.165, 1.54) is 37.7 Å². The average molecular weight is 311 g/mol. The highest BCUT2D eigenvalue weighted by atomic mass is 16.5. The smallest absolute Gasteiger partial charge is 0.135 e. The van der Waals surface area contributed by atoms with Crippen LogP contribution in [0.15, 0.2) is 54.6 Å². The van der Waals surface area contributed by atoms with E-state index in [2.05, 4.69) is 19.1 Å². The summed E-state index contributed by atoms with van der Waals surface area (Å²) in [5.41, 5.74) is 1.17. The molecule has 1 radical (unpaired) electrons. The van der Waals surface area contributed by atoms with E-state index >= 15 is 0 Å². The summed E-state index contributed by atoms with van der Waals surface area (Å²) in [4.78, 5) is 0. The highest BCUT2D eigenvalue weighted by Gasteiger charge is 1.98. The predicted octanol–water partition coefficient (Wildman–Crippen LogP) is 6.17. The summed E-state index contributed by atoms with van der Waals surface area (Å²) >= 11 is 0. The normalized spacial score (nSPS) is 10.5. The number of ether oxygens (including phenoxy) is 2. The molecule has 0 unspecified atom stereocenters. The van der Waals surface area contributed by atoms with E-state index < -0.39 is 0 Å². The molecule has 0 saturated heterocycles. The molecule has 0 amide bonds. The lowest BCUT2D eigenvalue weighted by Gasteiger charge is -2.08. The minimum atomic E-state index is 0.588. The maximum Gasteiger partial charge on any atom is 0.135 e. The molecule has 0 heterocycles. The fourth-order valence-corrected chi connectivity index (χ4v) is 2.34. The Balaban J connectivity index is 1.62. The lowest BCUT2D eigenvalue weighted by atomic mass is 10.1. The molecule has 2 rings (SSSR count). The Morgan fingerprint density at radius 2 is 1.48 bits per heavy atom. The predicted molar refractivity (Wildman–Crippen MR) is 95.5 cm³/mol. The first-order chi connectivity index (χ1) is 11.4.